The van der Waals surface area contributed by atoms with Crippen LogP contribution in [0.4, 0.5) is 0 Å². The largest absolute Gasteiger partial charge is 0.494 e. The average Bonchev–Trinajstić information content (AvgIpc) is 3.18. The Morgan fingerprint density at radius 2 is 1.65 bits per heavy atom. The van der Waals surface area contributed by atoms with Crippen molar-refractivity contribution in [3.63, 3.8) is 0 Å². The summed E-state index contributed by atoms with van der Waals surface area (Å²) < 4.78 is 21.1. The summed E-state index contributed by atoms with van der Waals surface area (Å²) in [5.74, 6) is -0.836. The summed E-state index contributed by atoms with van der Waals surface area (Å²) in [5, 5.41) is 0. The molecule has 164 valence electrons. The Morgan fingerprint density at radius 3 is 2.26 bits per heavy atom. The normalized spacial score (nSPS) is 17.6. The van der Waals surface area contributed by atoms with Gasteiger partial charge in [-0.15, -0.1) is 0 Å². The van der Waals surface area contributed by atoms with E-state index in [4.69, 9.17) is 23.9 Å². The van der Waals surface area contributed by atoms with Crippen molar-refractivity contribution in [2.45, 2.75) is 31.9 Å². The molecule has 0 N–H and O–H groups in total. The van der Waals surface area contributed by atoms with Crippen molar-refractivity contribution in [2.75, 3.05) is 20.8 Å². The van der Waals surface area contributed by atoms with Crippen LogP contribution in [-0.2, 0) is 30.2 Å². The number of esters is 2. The topological polar surface area (TPSA) is 83.4 Å². The van der Waals surface area contributed by atoms with Crippen LogP contribution in [0, 0.1) is 5.92 Å². The smallest absolute Gasteiger partial charge is 0.320 e. The van der Waals surface area contributed by atoms with Crippen LogP contribution in [0.1, 0.15) is 24.5 Å². The summed E-state index contributed by atoms with van der Waals surface area (Å²) in [5.41, 5.74) is 1.79. The molecule has 0 aromatic heterocycles. The van der Waals surface area contributed by atoms with Gasteiger partial charge in [-0.2, -0.15) is 0 Å². The van der Waals surface area contributed by atoms with Gasteiger partial charge in [-0.3, -0.25) is 9.59 Å². The van der Waals surface area contributed by atoms with Gasteiger partial charge in [0.25, 0.3) is 0 Å². The Balaban J connectivity index is 1.52. The Morgan fingerprint density at radius 1 is 1.00 bits per heavy atom. The second-order valence-electron chi connectivity index (χ2n) is 7.27. The number of nitrogens with zero attached hydrogens (tertiary/aromatic N) is 1. The third-order valence-corrected chi connectivity index (χ3v) is 5.16. The fourth-order valence-corrected chi connectivity index (χ4v) is 3.37. The predicted molar refractivity (Wildman–Crippen MR) is 115 cm³/mol. The summed E-state index contributed by atoms with van der Waals surface area (Å²) in [6.07, 6.45) is 0.925. The van der Waals surface area contributed by atoms with E-state index < -0.39 is 17.9 Å². The van der Waals surface area contributed by atoms with Crippen molar-refractivity contribution in [3.8, 4) is 5.75 Å². The zero-order valence-corrected chi connectivity index (χ0v) is 17.9. The maximum Gasteiger partial charge on any atom is 0.320 e. The van der Waals surface area contributed by atoms with Crippen LogP contribution in [0.15, 0.2) is 59.6 Å². The molecule has 2 unspecified atom stereocenters. The van der Waals surface area contributed by atoms with Gasteiger partial charge >= 0.3 is 11.9 Å². The van der Waals surface area contributed by atoms with Crippen LogP contribution in [-0.4, -0.2) is 50.8 Å². The van der Waals surface area contributed by atoms with Crippen LogP contribution in [0.3, 0.4) is 0 Å². The minimum absolute atomic E-state index is 0.00485. The number of methoxy groups -OCH3 is 2. The van der Waals surface area contributed by atoms with E-state index in [0.717, 1.165) is 17.5 Å². The van der Waals surface area contributed by atoms with E-state index in [9.17, 15) is 9.59 Å². The van der Waals surface area contributed by atoms with Crippen molar-refractivity contribution in [1.82, 2.24) is 0 Å². The molecular formula is C24H27NO6. The molecule has 3 rings (SSSR count). The van der Waals surface area contributed by atoms with Gasteiger partial charge in [-0.05, 0) is 43.2 Å². The van der Waals surface area contributed by atoms with E-state index in [0.29, 0.717) is 18.3 Å². The molecule has 7 heteroatoms. The minimum atomic E-state index is -0.984. The summed E-state index contributed by atoms with van der Waals surface area (Å²) in [7, 11) is 2.50. The zero-order chi connectivity index (χ0) is 22.2. The van der Waals surface area contributed by atoms with Gasteiger partial charge in [0.2, 0.25) is 5.90 Å². The Hall–Kier alpha value is -3.35. The minimum Gasteiger partial charge on any atom is -0.494 e. The number of rotatable bonds is 9. The van der Waals surface area contributed by atoms with Crippen LogP contribution >= 0.6 is 0 Å². The fraction of sp³-hybridized carbons (Fsp3) is 0.375. The number of carbonyl (C=O) groups is 2. The van der Waals surface area contributed by atoms with Gasteiger partial charge in [0.1, 0.15) is 11.9 Å². The van der Waals surface area contributed by atoms with Crippen molar-refractivity contribution in [1.29, 1.82) is 0 Å². The second kappa shape index (κ2) is 10.6. The van der Waals surface area contributed by atoms with Gasteiger partial charge in [0.15, 0.2) is 5.92 Å². The number of benzene rings is 2. The zero-order valence-electron chi connectivity index (χ0n) is 17.9. The van der Waals surface area contributed by atoms with E-state index >= 15 is 0 Å². The maximum absolute atomic E-state index is 11.8. The number of hydrogen-bond acceptors (Lipinski definition) is 7. The molecule has 0 bridgehead atoms. The van der Waals surface area contributed by atoms with E-state index in [-0.39, 0.29) is 18.6 Å². The van der Waals surface area contributed by atoms with Crippen molar-refractivity contribution >= 4 is 17.8 Å². The standard InChI is InChI=1S/C24H27NO6/c1-16-21(25-22(31-16)18-7-5-4-6-8-18)13-14-30-19-11-9-17(10-12-19)15-20(23(26)28-2)24(27)29-3/h4-12,16,20-21H,13-15H2,1-3H3. The lowest BCUT2D eigenvalue weighted by molar-refractivity contribution is -0.158. The number of ether oxygens (including phenoxy) is 4. The SMILES string of the molecule is COC(=O)C(Cc1ccc(OCCC2N=C(c3ccccc3)OC2C)cc1)C(=O)OC. The highest BCUT2D eigenvalue weighted by molar-refractivity contribution is 5.95. The van der Waals surface area contributed by atoms with E-state index in [1.54, 1.807) is 0 Å². The Labute approximate surface area is 182 Å². The quantitative estimate of drug-likeness (QED) is 0.453. The van der Waals surface area contributed by atoms with Gasteiger partial charge in [0.05, 0.1) is 26.9 Å². The molecule has 31 heavy (non-hydrogen) atoms. The number of aliphatic imine (C=N–C) groups is 1. The molecule has 2 atom stereocenters. The summed E-state index contributed by atoms with van der Waals surface area (Å²) in [4.78, 5) is 28.3. The molecule has 2 aromatic rings. The Kier molecular flexibility index (Phi) is 7.65. The van der Waals surface area contributed by atoms with Crippen molar-refractivity contribution in [3.05, 3.63) is 65.7 Å². The molecule has 0 aliphatic carbocycles. The van der Waals surface area contributed by atoms with Gasteiger partial charge in [0, 0.05) is 12.0 Å². The van der Waals surface area contributed by atoms with Crippen molar-refractivity contribution in [2.24, 2.45) is 10.9 Å². The van der Waals surface area contributed by atoms with Crippen LogP contribution < -0.4 is 4.74 Å². The first-order valence-corrected chi connectivity index (χ1v) is 10.2. The highest BCUT2D eigenvalue weighted by atomic mass is 16.5. The van der Waals surface area contributed by atoms with Gasteiger partial charge in [-0.25, -0.2) is 4.99 Å². The lowest BCUT2D eigenvalue weighted by Crippen LogP contribution is -2.28. The highest BCUT2D eigenvalue weighted by Gasteiger charge is 2.29. The number of hydrogen-bond donors (Lipinski definition) is 0. The molecule has 1 heterocycles. The first-order chi connectivity index (χ1) is 15.0. The van der Waals surface area contributed by atoms with Gasteiger partial charge in [-0.1, -0.05) is 30.3 Å². The summed E-state index contributed by atoms with van der Waals surface area (Å²) in [6, 6.07) is 17.2. The molecule has 0 radical (unpaired) electrons. The molecule has 2 aromatic carbocycles. The fourth-order valence-electron chi connectivity index (χ4n) is 3.37. The molecule has 0 spiro atoms. The molecule has 0 amide bonds. The van der Waals surface area contributed by atoms with Crippen molar-refractivity contribution < 1.29 is 28.5 Å². The highest BCUT2D eigenvalue weighted by Crippen LogP contribution is 2.22. The van der Waals surface area contributed by atoms with Gasteiger partial charge < -0.3 is 18.9 Å². The number of carbonyl (C=O) groups excluding carboxylic acids is 2. The first kappa shape index (κ1) is 22.3. The monoisotopic (exact) mass is 425 g/mol. The van der Waals surface area contributed by atoms with Crippen LogP contribution in [0.2, 0.25) is 0 Å². The lowest BCUT2D eigenvalue weighted by Gasteiger charge is -2.14. The molecule has 0 fully saturated rings. The Bertz CT molecular complexity index is 893. The van der Waals surface area contributed by atoms with E-state index in [1.165, 1.54) is 14.2 Å². The maximum atomic E-state index is 11.8. The van der Waals surface area contributed by atoms with E-state index in [2.05, 4.69) is 0 Å². The molecule has 0 saturated heterocycles. The third-order valence-electron chi connectivity index (χ3n) is 5.16. The first-order valence-electron chi connectivity index (χ1n) is 10.2. The van der Waals surface area contributed by atoms with Crippen LogP contribution in [0.25, 0.3) is 0 Å². The summed E-state index contributed by atoms with van der Waals surface area (Å²) >= 11 is 0. The third kappa shape index (κ3) is 5.84. The molecular weight excluding hydrogens is 398 g/mol. The van der Waals surface area contributed by atoms with E-state index in [1.807, 2.05) is 61.5 Å². The average molecular weight is 425 g/mol. The lowest BCUT2D eigenvalue weighted by atomic mass is 9.99. The molecule has 1 aliphatic heterocycles. The predicted octanol–water partition coefficient (Wildman–Crippen LogP) is 3.19. The second-order valence-corrected chi connectivity index (χ2v) is 7.27. The summed E-state index contributed by atoms with van der Waals surface area (Å²) in [6.45, 7) is 2.51. The molecule has 1 aliphatic rings. The molecule has 7 nitrogen and oxygen atoms in total. The van der Waals surface area contributed by atoms with Crippen LogP contribution in [0.5, 0.6) is 5.75 Å². The molecule has 0 saturated carbocycles.